The number of primary amides is 1. The molecule has 2 N–H and O–H groups in total. The largest absolute Gasteiger partial charge is 0.493 e. The van der Waals surface area contributed by atoms with Crippen LogP contribution in [0.4, 0.5) is 4.39 Å². The topological polar surface area (TPSA) is 98.9 Å². The van der Waals surface area contributed by atoms with Gasteiger partial charge in [0.1, 0.15) is 11.9 Å². The lowest BCUT2D eigenvalue weighted by Crippen LogP contribution is -2.39. The summed E-state index contributed by atoms with van der Waals surface area (Å²) in [6.45, 7) is 1.59. The number of halogens is 1. The summed E-state index contributed by atoms with van der Waals surface area (Å²) in [7, 11) is -0.127. The van der Waals surface area contributed by atoms with E-state index in [-0.39, 0.29) is 16.2 Å². The van der Waals surface area contributed by atoms with E-state index >= 15 is 0 Å². The lowest BCUT2D eigenvalue weighted by molar-refractivity contribution is -0.121. The summed E-state index contributed by atoms with van der Waals surface area (Å²) in [5.74, 6) is -0.943. The van der Waals surface area contributed by atoms with Crippen LogP contribution >= 0.6 is 0 Å². The SMILES string of the molecule is COc1cc(C)c(S(=O)(=O)N(C)C(C(N)=O)c2cccc(F)c2)cc1OC. The van der Waals surface area contributed by atoms with Crippen molar-refractivity contribution < 1.29 is 27.1 Å². The van der Waals surface area contributed by atoms with Gasteiger partial charge in [0.25, 0.3) is 0 Å². The van der Waals surface area contributed by atoms with Gasteiger partial charge in [0.2, 0.25) is 15.9 Å². The quantitative estimate of drug-likeness (QED) is 0.772. The molecule has 0 aromatic heterocycles. The van der Waals surface area contributed by atoms with E-state index in [9.17, 15) is 17.6 Å². The first kappa shape index (κ1) is 20.7. The number of carbonyl (C=O) groups excluding carboxylic acids is 1. The number of carbonyl (C=O) groups is 1. The second-order valence-electron chi connectivity index (χ2n) is 5.85. The van der Waals surface area contributed by atoms with E-state index in [2.05, 4.69) is 0 Å². The van der Waals surface area contributed by atoms with Crippen molar-refractivity contribution in [2.24, 2.45) is 5.73 Å². The number of methoxy groups -OCH3 is 2. The predicted octanol–water partition coefficient (Wildman–Crippen LogP) is 2.00. The van der Waals surface area contributed by atoms with Crippen LogP contribution in [0.3, 0.4) is 0 Å². The Morgan fingerprint density at radius 1 is 1.15 bits per heavy atom. The van der Waals surface area contributed by atoms with Gasteiger partial charge < -0.3 is 15.2 Å². The summed E-state index contributed by atoms with van der Waals surface area (Å²) in [4.78, 5) is 11.9. The van der Waals surface area contributed by atoms with Crippen molar-refractivity contribution in [1.82, 2.24) is 4.31 Å². The summed E-state index contributed by atoms with van der Waals surface area (Å²) in [5, 5.41) is 0. The van der Waals surface area contributed by atoms with Crippen LogP contribution in [0.2, 0.25) is 0 Å². The minimum absolute atomic E-state index is 0.0784. The van der Waals surface area contributed by atoms with Gasteiger partial charge >= 0.3 is 0 Å². The van der Waals surface area contributed by atoms with Gasteiger partial charge in [0.05, 0.1) is 19.1 Å². The number of sulfonamides is 1. The van der Waals surface area contributed by atoms with E-state index in [0.717, 1.165) is 10.4 Å². The molecule has 0 radical (unpaired) electrons. The Hall–Kier alpha value is -2.65. The van der Waals surface area contributed by atoms with Crippen LogP contribution in [-0.4, -0.2) is 39.9 Å². The number of benzene rings is 2. The van der Waals surface area contributed by atoms with E-state index in [1.807, 2.05) is 0 Å². The Bertz CT molecular complexity index is 962. The van der Waals surface area contributed by atoms with Gasteiger partial charge in [-0.15, -0.1) is 0 Å². The molecule has 1 atom stereocenters. The lowest BCUT2D eigenvalue weighted by atomic mass is 10.1. The Balaban J connectivity index is 2.58. The molecule has 1 amide bonds. The molecule has 2 aromatic rings. The first-order valence-corrected chi connectivity index (χ1v) is 9.33. The van der Waals surface area contributed by atoms with Crippen LogP contribution in [0, 0.1) is 12.7 Å². The van der Waals surface area contributed by atoms with E-state index in [1.54, 1.807) is 6.92 Å². The summed E-state index contributed by atoms with van der Waals surface area (Å²) in [6.07, 6.45) is 0. The number of hydrogen-bond donors (Lipinski definition) is 1. The summed E-state index contributed by atoms with van der Waals surface area (Å²) >= 11 is 0. The number of aryl methyl sites for hydroxylation is 1. The third kappa shape index (κ3) is 4.04. The Morgan fingerprint density at radius 3 is 2.26 bits per heavy atom. The van der Waals surface area contributed by atoms with Gasteiger partial charge in [-0.3, -0.25) is 4.79 Å². The number of rotatable bonds is 7. The second kappa shape index (κ2) is 7.93. The highest BCUT2D eigenvalue weighted by Crippen LogP contribution is 2.35. The predicted molar refractivity (Wildman–Crippen MR) is 97.6 cm³/mol. The van der Waals surface area contributed by atoms with Crippen LogP contribution in [0.15, 0.2) is 41.3 Å². The first-order chi connectivity index (χ1) is 12.6. The van der Waals surface area contributed by atoms with Crippen LogP contribution in [0.1, 0.15) is 17.2 Å². The first-order valence-electron chi connectivity index (χ1n) is 7.89. The van der Waals surface area contributed by atoms with Crippen LogP contribution in [0.5, 0.6) is 11.5 Å². The summed E-state index contributed by atoms with van der Waals surface area (Å²) < 4.78 is 51.0. The molecule has 0 saturated carbocycles. The van der Waals surface area contributed by atoms with Gasteiger partial charge in [-0.2, -0.15) is 4.31 Å². The lowest BCUT2D eigenvalue weighted by Gasteiger charge is -2.26. The van der Waals surface area contributed by atoms with Crippen molar-refractivity contribution in [3.05, 3.63) is 53.3 Å². The van der Waals surface area contributed by atoms with E-state index < -0.39 is 27.8 Å². The highest BCUT2D eigenvalue weighted by Gasteiger charge is 2.34. The maximum atomic E-state index is 13.6. The molecule has 0 aliphatic rings. The molecule has 1 unspecified atom stereocenters. The number of hydrogen-bond acceptors (Lipinski definition) is 5. The van der Waals surface area contributed by atoms with E-state index in [1.165, 1.54) is 51.6 Å². The van der Waals surface area contributed by atoms with Gasteiger partial charge in [-0.25, -0.2) is 12.8 Å². The molecule has 0 aliphatic heterocycles. The van der Waals surface area contributed by atoms with Gasteiger partial charge in [0, 0.05) is 13.1 Å². The molecular weight excluding hydrogens is 375 g/mol. The van der Waals surface area contributed by atoms with E-state index in [0.29, 0.717) is 11.3 Å². The smallest absolute Gasteiger partial charge is 0.244 e. The average molecular weight is 396 g/mol. The van der Waals surface area contributed by atoms with Crippen molar-refractivity contribution in [3.8, 4) is 11.5 Å². The fraction of sp³-hybridized carbons (Fsp3) is 0.278. The third-order valence-corrected chi connectivity index (χ3v) is 6.10. The zero-order chi connectivity index (χ0) is 20.4. The Morgan fingerprint density at radius 2 is 1.74 bits per heavy atom. The second-order valence-corrected chi connectivity index (χ2v) is 7.82. The van der Waals surface area contributed by atoms with Crippen molar-refractivity contribution in [3.63, 3.8) is 0 Å². The average Bonchev–Trinajstić information content (AvgIpc) is 2.61. The molecule has 0 fully saturated rings. The Kier molecular flexibility index (Phi) is 6.07. The number of ether oxygens (including phenoxy) is 2. The molecule has 9 heteroatoms. The molecule has 0 spiro atoms. The minimum atomic E-state index is -4.16. The zero-order valence-corrected chi connectivity index (χ0v) is 16.2. The monoisotopic (exact) mass is 396 g/mol. The molecule has 0 saturated heterocycles. The summed E-state index contributed by atoms with van der Waals surface area (Å²) in [6, 6.07) is 6.52. The van der Waals surface area contributed by atoms with Crippen molar-refractivity contribution in [2.45, 2.75) is 17.9 Å². The summed E-state index contributed by atoms with van der Waals surface area (Å²) in [5.41, 5.74) is 5.94. The standard InChI is InChI=1S/C18H21FN2O5S/c1-11-8-14(25-3)15(26-4)10-16(11)27(23,24)21(2)17(18(20)22)12-6-5-7-13(19)9-12/h5-10,17H,1-4H3,(H2,20,22). The van der Waals surface area contributed by atoms with Crippen LogP contribution in [0.25, 0.3) is 0 Å². The molecule has 0 heterocycles. The van der Waals surface area contributed by atoms with E-state index in [4.69, 9.17) is 15.2 Å². The fourth-order valence-electron chi connectivity index (χ4n) is 2.76. The maximum absolute atomic E-state index is 13.6. The minimum Gasteiger partial charge on any atom is -0.493 e. The van der Waals surface area contributed by atoms with Gasteiger partial charge in [-0.05, 0) is 36.2 Å². The molecule has 27 heavy (non-hydrogen) atoms. The number of nitrogens with two attached hydrogens (primary N) is 1. The van der Waals surface area contributed by atoms with Gasteiger partial charge in [0.15, 0.2) is 11.5 Å². The highest BCUT2D eigenvalue weighted by molar-refractivity contribution is 7.89. The Labute approximate surface area is 157 Å². The number of nitrogens with zero attached hydrogens (tertiary/aromatic N) is 1. The van der Waals surface area contributed by atoms with Crippen molar-refractivity contribution in [2.75, 3.05) is 21.3 Å². The van der Waals surface area contributed by atoms with Crippen LogP contribution < -0.4 is 15.2 Å². The number of amides is 1. The molecular formula is C18H21FN2O5S. The molecule has 2 aromatic carbocycles. The molecule has 146 valence electrons. The fourth-order valence-corrected chi connectivity index (χ4v) is 4.30. The molecule has 0 aliphatic carbocycles. The van der Waals surface area contributed by atoms with Crippen molar-refractivity contribution in [1.29, 1.82) is 0 Å². The molecule has 2 rings (SSSR count). The molecule has 0 bridgehead atoms. The number of likely N-dealkylation sites (N-methyl/N-ethyl adjacent to an activating group) is 1. The van der Waals surface area contributed by atoms with Crippen molar-refractivity contribution >= 4 is 15.9 Å². The third-order valence-electron chi connectivity index (χ3n) is 4.14. The molecule has 7 nitrogen and oxygen atoms in total. The van der Waals surface area contributed by atoms with Gasteiger partial charge in [-0.1, -0.05) is 12.1 Å². The highest BCUT2D eigenvalue weighted by atomic mass is 32.2. The maximum Gasteiger partial charge on any atom is 0.244 e. The van der Waals surface area contributed by atoms with Crippen LogP contribution in [-0.2, 0) is 14.8 Å². The zero-order valence-electron chi connectivity index (χ0n) is 15.4. The normalized spacial score (nSPS) is 12.7.